The van der Waals surface area contributed by atoms with Crippen molar-refractivity contribution in [3.05, 3.63) is 63.9 Å². The summed E-state index contributed by atoms with van der Waals surface area (Å²) in [5.41, 5.74) is 0.622. The molecule has 0 radical (unpaired) electrons. The van der Waals surface area contributed by atoms with Gasteiger partial charge in [0, 0.05) is 10.2 Å². The highest BCUT2D eigenvalue weighted by Gasteiger charge is 2.17. The molecule has 20 heavy (non-hydrogen) atoms. The predicted molar refractivity (Wildman–Crippen MR) is 72.4 cm³/mol. The highest BCUT2D eigenvalue weighted by molar-refractivity contribution is 9.10. The molecule has 2 aromatic rings. The molecule has 2 aromatic carbocycles. The fourth-order valence-corrected chi connectivity index (χ4v) is 1.91. The molecule has 0 fully saturated rings. The SMILES string of the molecule is N#CC(Nc1ccc(Br)cc1)c1cc(F)c(F)c(F)c1. The molecular formula is C14H8BrF3N2. The van der Waals surface area contributed by atoms with Gasteiger partial charge in [-0.05, 0) is 42.0 Å². The molecule has 0 aromatic heterocycles. The molecule has 1 N–H and O–H groups in total. The first kappa shape index (κ1) is 14.4. The average molecular weight is 341 g/mol. The van der Waals surface area contributed by atoms with E-state index in [0.29, 0.717) is 5.69 Å². The summed E-state index contributed by atoms with van der Waals surface area (Å²) >= 11 is 3.27. The van der Waals surface area contributed by atoms with E-state index in [1.54, 1.807) is 24.3 Å². The Hall–Kier alpha value is -2.00. The minimum absolute atomic E-state index is 0.0202. The smallest absolute Gasteiger partial charge is 0.194 e. The lowest BCUT2D eigenvalue weighted by molar-refractivity contribution is 0.445. The number of nitriles is 1. The molecule has 2 nitrogen and oxygen atoms in total. The molecule has 0 spiro atoms. The summed E-state index contributed by atoms with van der Waals surface area (Å²) in [5.74, 6) is -4.19. The van der Waals surface area contributed by atoms with Crippen LogP contribution in [0.25, 0.3) is 0 Å². The van der Waals surface area contributed by atoms with Gasteiger partial charge in [-0.25, -0.2) is 13.2 Å². The van der Waals surface area contributed by atoms with Crippen LogP contribution >= 0.6 is 15.9 Å². The number of nitrogens with one attached hydrogen (secondary N) is 1. The Morgan fingerprint density at radius 1 is 1.05 bits per heavy atom. The highest BCUT2D eigenvalue weighted by Crippen LogP contribution is 2.23. The second kappa shape index (κ2) is 5.97. The van der Waals surface area contributed by atoms with Gasteiger partial charge in [0.15, 0.2) is 17.5 Å². The molecule has 0 aliphatic heterocycles. The fourth-order valence-electron chi connectivity index (χ4n) is 1.64. The summed E-state index contributed by atoms with van der Waals surface area (Å²) in [6, 6.07) is 9.40. The van der Waals surface area contributed by atoms with Crippen molar-refractivity contribution in [1.29, 1.82) is 5.26 Å². The summed E-state index contributed by atoms with van der Waals surface area (Å²) in [7, 11) is 0. The van der Waals surface area contributed by atoms with E-state index in [4.69, 9.17) is 5.26 Å². The first-order chi connectivity index (χ1) is 9.51. The van der Waals surface area contributed by atoms with Crippen molar-refractivity contribution in [2.45, 2.75) is 6.04 Å². The Balaban J connectivity index is 2.29. The third-order valence-electron chi connectivity index (χ3n) is 2.62. The fraction of sp³-hybridized carbons (Fsp3) is 0.0714. The third kappa shape index (κ3) is 3.11. The van der Waals surface area contributed by atoms with Crippen molar-refractivity contribution < 1.29 is 13.2 Å². The molecule has 6 heteroatoms. The number of hydrogen-bond acceptors (Lipinski definition) is 2. The van der Waals surface area contributed by atoms with Crippen LogP contribution in [0.5, 0.6) is 0 Å². The lowest BCUT2D eigenvalue weighted by atomic mass is 10.1. The zero-order valence-corrected chi connectivity index (χ0v) is 11.6. The Bertz CT molecular complexity index is 642. The Morgan fingerprint density at radius 3 is 2.10 bits per heavy atom. The van der Waals surface area contributed by atoms with E-state index in [9.17, 15) is 13.2 Å². The van der Waals surface area contributed by atoms with E-state index in [-0.39, 0.29) is 5.56 Å². The van der Waals surface area contributed by atoms with Crippen molar-refractivity contribution in [2.75, 3.05) is 5.32 Å². The van der Waals surface area contributed by atoms with Crippen LogP contribution in [0.1, 0.15) is 11.6 Å². The second-order valence-electron chi connectivity index (χ2n) is 4.01. The van der Waals surface area contributed by atoms with E-state index in [1.165, 1.54) is 0 Å². The summed E-state index contributed by atoms with van der Waals surface area (Å²) in [6.45, 7) is 0. The zero-order chi connectivity index (χ0) is 14.7. The zero-order valence-electron chi connectivity index (χ0n) is 10.0. The molecule has 0 saturated carbocycles. The number of nitrogens with zero attached hydrogens (tertiary/aromatic N) is 1. The molecule has 0 saturated heterocycles. The van der Waals surface area contributed by atoms with Crippen molar-refractivity contribution in [1.82, 2.24) is 0 Å². The van der Waals surface area contributed by atoms with Crippen LogP contribution in [0.2, 0.25) is 0 Å². The maximum Gasteiger partial charge on any atom is 0.194 e. The minimum Gasteiger partial charge on any atom is -0.366 e. The van der Waals surface area contributed by atoms with Crippen molar-refractivity contribution in [3.63, 3.8) is 0 Å². The normalized spacial score (nSPS) is 11.8. The maximum atomic E-state index is 13.2. The van der Waals surface area contributed by atoms with Gasteiger partial charge in [-0.1, -0.05) is 15.9 Å². The topological polar surface area (TPSA) is 35.8 Å². The molecule has 0 aliphatic rings. The monoisotopic (exact) mass is 340 g/mol. The summed E-state index contributed by atoms with van der Waals surface area (Å²) < 4.78 is 40.1. The number of halogens is 4. The van der Waals surface area contributed by atoms with Gasteiger partial charge in [-0.15, -0.1) is 0 Å². The maximum absolute atomic E-state index is 13.2. The Morgan fingerprint density at radius 2 is 1.60 bits per heavy atom. The largest absolute Gasteiger partial charge is 0.366 e. The van der Waals surface area contributed by atoms with Gasteiger partial charge < -0.3 is 5.32 Å². The number of hydrogen-bond donors (Lipinski definition) is 1. The second-order valence-corrected chi connectivity index (χ2v) is 4.93. The standard InChI is InChI=1S/C14H8BrF3N2/c15-9-1-3-10(4-2-9)20-13(7-19)8-5-11(16)14(18)12(17)6-8/h1-6,13,20H. The highest BCUT2D eigenvalue weighted by atomic mass is 79.9. The lowest BCUT2D eigenvalue weighted by Gasteiger charge is -2.14. The van der Waals surface area contributed by atoms with Gasteiger partial charge in [0.2, 0.25) is 0 Å². The van der Waals surface area contributed by atoms with E-state index < -0.39 is 23.5 Å². The van der Waals surface area contributed by atoms with Crippen LogP contribution < -0.4 is 5.32 Å². The number of rotatable bonds is 3. The molecule has 0 amide bonds. The van der Waals surface area contributed by atoms with Gasteiger partial charge in [-0.2, -0.15) is 5.26 Å². The molecule has 2 rings (SSSR count). The quantitative estimate of drug-likeness (QED) is 0.832. The predicted octanol–water partition coefficient (Wildman–Crippen LogP) is 4.54. The van der Waals surface area contributed by atoms with Gasteiger partial charge in [0.25, 0.3) is 0 Å². The van der Waals surface area contributed by atoms with Crippen LogP contribution in [0.15, 0.2) is 40.9 Å². The van der Waals surface area contributed by atoms with Crippen LogP contribution in [0, 0.1) is 28.8 Å². The van der Waals surface area contributed by atoms with Gasteiger partial charge in [0.05, 0.1) is 6.07 Å². The average Bonchev–Trinajstić information content (AvgIpc) is 2.43. The minimum atomic E-state index is -1.55. The first-order valence-electron chi connectivity index (χ1n) is 5.57. The molecule has 102 valence electrons. The lowest BCUT2D eigenvalue weighted by Crippen LogP contribution is -2.10. The molecule has 0 heterocycles. The molecule has 1 unspecified atom stereocenters. The Kier molecular flexibility index (Phi) is 4.30. The summed E-state index contributed by atoms with van der Waals surface area (Å²) in [4.78, 5) is 0. The molecule has 0 aliphatic carbocycles. The molecule has 1 atom stereocenters. The van der Waals surface area contributed by atoms with Crippen LogP contribution in [-0.2, 0) is 0 Å². The van der Waals surface area contributed by atoms with Crippen molar-refractivity contribution >= 4 is 21.6 Å². The van der Waals surface area contributed by atoms with Crippen LogP contribution in [0.3, 0.4) is 0 Å². The van der Waals surface area contributed by atoms with E-state index in [2.05, 4.69) is 21.2 Å². The van der Waals surface area contributed by atoms with Crippen molar-refractivity contribution in [3.8, 4) is 6.07 Å². The number of benzene rings is 2. The van der Waals surface area contributed by atoms with E-state index in [0.717, 1.165) is 16.6 Å². The van der Waals surface area contributed by atoms with Gasteiger partial charge >= 0.3 is 0 Å². The van der Waals surface area contributed by atoms with Gasteiger partial charge in [0.1, 0.15) is 6.04 Å². The Labute approximate surface area is 122 Å². The van der Waals surface area contributed by atoms with E-state index >= 15 is 0 Å². The van der Waals surface area contributed by atoms with E-state index in [1.807, 2.05) is 6.07 Å². The molecule has 0 bridgehead atoms. The summed E-state index contributed by atoms with van der Waals surface area (Å²) in [6.07, 6.45) is 0. The van der Waals surface area contributed by atoms with Crippen LogP contribution in [-0.4, -0.2) is 0 Å². The third-order valence-corrected chi connectivity index (χ3v) is 3.15. The first-order valence-corrected chi connectivity index (χ1v) is 6.36. The van der Waals surface area contributed by atoms with Crippen molar-refractivity contribution in [2.24, 2.45) is 0 Å². The van der Waals surface area contributed by atoms with Crippen LogP contribution in [0.4, 0.5) is 18.9 Å². The summed E-state index contributed by atoms with van der Waals surface area (Å²) in [5, 5.41) is 11.9. The molecular weight excluding hydrogens is 333 g/mol. The van der Waals surface area contributed by atoms with Gasteiger partial charge in [-0.3, -0.25) is 0 Å². The number of anilines is 1.